The molecule has 1 fully saturated rings. The molecule has 2 rings (SSSR count). The van der Waals surface area contributed by atoms with E-state index in [1.54, 1.807) is 0 Å². The molecule has 2 nitrogen and oxygen atoms in total. The molecule has 0 bridgehead atoms. The Morgan fingerprint density at radius 2 is 1.88 bits per heavy atom. The number of hydrogen-bond donors (Lipinski definition) is 1. The summed E-state index contributed by atoms with van der Waals surface area (Å²) in [6.45, 7) is 10.2. The van der Waals surface area contributed by atoms with Crippen molar-refractivity contribution in [1.29, 1.82) is 0 Å². The summed E-state index contributed by atoms with van der Waals surface area (Å²) in [5.74, 6) is 0. The second kappa shape index (κ2) is 5.54. The first kappa shape index (κ1) is 12.4. The lowest BCUT2D eigenvalue weighted by atomic mass is 10.1. The molecule has 1 heterocycles. The van der Waals surface area contributed by atoms with Gasteiger partial charge in [-0.1, -0.05) is 18.2 Å². The monoisotopic (exact) mass is 232 g/mol. The zero-order valence-corrected chi connectivity index (χ0v) is 11.3. The van der Waals surface area contributed by atoms with Gasteiger partial charge < -0.3 is 10.2 Å². The van der Waals surface area contributed by atoms with Crippen molar-refractivity contribution in [2.45, 2.75) is 39.7 Å². The molecule has 0 amide bonds. The van der Waals surface area contributed by atoms with Gasteiger partial charge >= 0.3 is 0 Å². The van der Waals surface area contributed by atoms with Gasteiger partial charge in [-0.25, -0.2) is 0 Å². The standard InChI is InChI=1S/C15H24N2/c1-12-7-6-8-13(2)15(12)17-10-5-4-9-16-14(3)11-17/h6-8,14,16H,4-5,9-11H2,1-3H3. The number of nitrogens with one attached hydrogen (secondary N) is 1. The third kappa shape index (κ3) is 3.01. The molecule has 2 heteroatoms. The first-order valence-corrected chi connectivity index (χ1v) is 6.73. The first-order chi connectivity index (χ1) is 8.18. The van der Waals surface area contributed by atoms with E-state index in [2.05, 4.69) is 49.2 Å². The Morgan fingerprint density at radius 1 is 1.18 bits per heavy atom. The van der Waals surface area contributed by atoms with Crippen molar-refractivity contribution in [3.63, 3.8) is 0 Å². The van der Waals surface area contributed by atoms with Crippen LogP contribution >= 0.6 is 0 Å². The number of rotatable bonds is 1. The molecule has 1 unspecified atom stereocenters. The van der Waals surface area contributed by atoms with Crippen LogP contribution in [0.3, 0.4) is 0 Å². The average Bonchev–Trinajstić information content (AvgIpc) is 2.24. The molecule has 0 aromatic heterocycles. The van der Waals surface area contributed by atoms with Gasteiger partial charge in [0.1, 0.15) is 0 Å². The van der Waals surface area contributed by atoms with E-state index in [0.29, 0.717) is 6.04 Å². The molecule has 1 aromatic carbocycles. The van der Waals surface area contributed by atoms with Gasteiger partial charge in [0.05, 0.1) is 0 Å². The molecule has 94 valence electrons. The molecule has 1 N–H and O–H groups in total. The molecular formula is C15H24N2. The van der Waals surface area contributed by atoms with Crippen LogP contribution in [0.4, 0.5) is 5.69 Å². The third-order valence-electron chi connectivity index (χ3n) is 3.60. The normalized spacial score (nSPS) is 22.1. The van der Waals surface area contributed by atoms with Crippen molar-refractivity contribution in [1.82, 2.24) is 5.32 Å². The largest absolute Gasteiger partial charge is 0.370 e. The zero-order chi connectivity index (χ0) is 12.3. The van der Waals surface area contributed by atoms with Crippen molar-refractivity contribution in [3.05, 3.63) is 29.3 Å². The summed E-state index contributed by atoms with van der Waals surface area (Å²) in [6.07, 6.45) is 2.57. The second-order valence-corrected chi connectivity index (χ2v) is 5.25. The molecule has 1 aromatic rings. The maximum atomic E-state index is 3.58. The minimum Gasteiger partial charge on any atom is -0.370 e. The van der Waals surface area contributed by atoms with Crippen LogP contribution < -0.4 is 10.2 Å². The first-order valence-electron chi connectivity index (χ1n) is 6.73. The molecule has 1 aliphatic rings. The van der Waals surface area contributed by atoms with E-state index in [0.717, 1.165) is 6.54 Å². The third-order valence-corrected chi connectivity index (χ3v) is 3.60. The van der Waals surface area contributed by atoms with Gasteiger partial charge in [0.2, 0.25) is 0 Å². The van der Waals surface area contributed by atoms with E-state index in [1.807, 2.05) is 0 Å². The number of aryl methyl sites for hydroxylation is 2. The Hall–Kier alpha value is -1.02. The van der Waals surface area contributed by atoms with Crippen LogP contribution in [0.2, 0.25) is 0 Å². The van der Waals surface area contributed by atoms with E-state index in [-0.39, 0.29) is 0 Å². The minimum absolute atomic E-state index is 0.578. The van der Waals surface area contributed by atoms with Crippen molar-refractivity contribution in [2.75, 3.05) is 24.5 Å². The molecule has 1 atom stereocenters. The van der Waals surface area contributed by atoms with Crippen LogP contribution in [0.5, 0.6) is 0 Å². The predicted molar refractivity (Wildman–Crippen MR) is 74.8 cm³/mol. The van der Waals surface area contributed by atoms with Crippen LogP contribution in [0.25, 0.3) is 0 Å². The van der Waals surface area contributed by atoms with Gasteiger partial charge in [-0.15, -0.1) is 0 Å². The van der Waals surface area contributed by atoms with E-state index >= 15 is 0 Å². The highest BCUT2D eigenvalue weighted by Crippen LogP contribution is 2.25. The molecular weight excluding hydrogens is 208 g/mol. The van der Waals surface area contributed by atoms with Gasteiger partial charge in [0.15, 0.2) is 0 Å². The van der Waals surface area contributed by atoms with Crippen molar-refractivity contribution < 1.29 is 0 Å². The number of anilines is 1. The molecule has 17 heavy (non-hydrogen) atoms. The molecule has 1 saturated heterocycles. The van der Waals surface area contributed by atoms with E-state index in [1.165, 1.54) is 42.7 Å². The van der Waals surface area contributed by atoms with Crippen LogP contribution in [-0.2, 0) is 0 Å². The van der Waals surface area contributed by atoms with Crippen LogP contribution in [0.15, 0.2) is 18.2 Å². The predicted octanol–water partition coefficient (Wildman–Crippen LogP) is 2.88. The highest BCUT2D eigenvalue weighted by molar-refractivity contribution is 5.59. The fourth-order valence-corrected chi connectivity index (χ4v) is 2.77. The Labute approximate surface area is 105 Å². The lowest BCUT2D eigenvalue weighted by molar-refractivity contribution is 0.484. The number of hydrogen-bond acceptors (Lipinski definition) is 2. The summed E-state index contributed by atoms with van der Waals surface area (Å²) in [4.78, 5) is 2.56. The molecule has 0 saturated carbocycles. The summed E-state index contributed by atoms with van der Waals surface area (Å²) in [6, 6.07) is 7.17. The van der Waals surface area contributed by atoms with E-state index in [9.17, 15) is 0 Å². The summed E-state index contributed by atoms with van der Waals surface area (Å²) < 4.78 is 0. The topological polar surface area (TPSA) is 15.3 Å². The maximum absolute atomic E-state index is 3.58. The fourth-order valence-electron chi connectivity index (χ4n) is 2.77. The van der Waals surface area contributed by atoms with Gasteiger partial charge in [0, 0.05) is 24.8 Å². The van der Waals surface area contributed by atoms with Crippen molar-refractivity contribution in [2.24, 2.45) is 0 Å². The van der Waals surface area contributed by atoms with E-state index < -0.39 is 0 Å². The number of nitrogens with zero attached hydrogens (tertiary/aromatic N) is 1. The Morgan fingerprint density at radius 3 is 2.59 bits per heavy atom. The Balaban J connectivity index is 2.23. The summed E-state index contributed by atoms with van der Waals surface area (Å²) in [5.41, 5.74) is 4.25. The average molecular weight is 232 g/mol. The zero-order valence-electron chi connectivity index (χ0n) is 11.3. The van der Waals surface area contributed by atoms with Crippen molar-refractivity contribution >= 4 is 5.69 Å². The van der Waals surface area contributed by atoms with Crippen LogP contribution in [0, 0.1) is 13.8 Å². The molecule has 0 radical (unpaired) electrons. The van der Waals surface area contributed by atoms with Crippen LogP contribution in [-0.4, -0.2) is 25.7 Å². The quantitative estimate of drug-likeness (QED) is 0.801. The molecule has 1 aliphatic heterocycles. The number of para-hydroxylation sites is 1. The smallest absolute Gasteiger partial charge is 0.0426 e. The minimum atomic E-state index is 0.578. The van der Waals surface area contributed by atoms with Gasteiger partial charge in [-0.05, 0) is 51.3 Å². The molecule has 0 aliphatic carbocycles. The second-order valence-electron chi connectivity index (χ2n) is 5.25. The van der Waals surface area contributed by atoms with Gasteiger partial charge in [-0.2, -0.15) is 0 Å². The maximum Gasteiger partial charge on any atom is 0.0426 e. The SMILES string of the molecule is Cc1cccc(C)c1N1CCCCNC(C)C1. The van der Waals surface area contributed by atoms with Crippen molar-refractivity contribution in [3.8, 4) is 0 Å². The summed E-state index contributed by atoms with van der Waals surface area (Å²) in [5, 5.41) is 3.58. The summed E-state index contributed by atoms with van der Waals surface area (Å²) in [7, 11) is 0. The fraction of sp³-hybridized carbons (Fsp3) is 0.600. The highest BCUT2D eigenvalue weighted by Gasteiger charge is 2.16. The van der Waals surface area contributed by atoms with Gasteiger partial charge in [-0.3, -0.25) is 0 Å². The number of benzene rings is 1. The van der Waals surface area contributed by atoms with Gasteiger partial charge in [0.25, 0.3) is 0 Å². The Kier molecular flexibility index (Phi) is 4.06. The lowest BCUT2D eigenvalue weighted by Crippen LogP contribution is -2.43. The lowest BCUT2D eigenvalue weighted by Gasteiger charge is -2.33. The van der Waals surface area contributed by atoms with E-state index in [4.69, 9.17) is 0 Å². The molecule has 0 spiro atoms. The Bertz CT molecular complexity index is 353. The highest BCUT2D eigenvalue weighted by atomic mass is 15.2. The van der Waals surface area contributed by atoms with Crippen LogP contribution in [0.1, 0.15) is 30.9 Å². The summed E-state index contributed by atoms with van der Waals surface area (Å²) >= 11 is 0.